The molecule has 0 aromatic carbocycles. The van der Waals surface area contributed by atoms with Gasteiger partial charge >= 0.3 is 5.97 Å². The van der Waals surface area contributed by atoms with Crippen LogP contribution in [0.2, 0.25) is 0 Å². The summed E-state index contributed by atoms with van der Waals surface area (Å²) in [6, 6.07) is -0.552. The molecule has 0 radical (unpaired) electrons. The SMILES string of the molecule is CCCCCCCC/C=C\CCCCCCCCCC(=O)OCCCCCCCCCCCCCCC(=O)NC(CO)C(O)CCCCCCCCCCCCCCCCCC. The van der Waals surface area contributed by atoms with Crippen molar-refractivity contribution < 1.29 is 24.5 Å². The molecule has 6 nitrogen and oxygen atoms in total. The highest BCUT2D eigenvalue weighted by molar-refractivity contribution is 5.76. The number of nitrogens with one attached hydrogen (secondary N) is 1. The van der Waals surface area contributed by atoms with Gasteiger partial charge in [0.05, 0.1) is 25.4 Å². The van der Waals surface area contributed by atoms with Gasteiger partial charge in [-0.25, -0.2) is 0 Å². The van der Waals surface area contributed by atoms with E-state index in [2.05, 4.69) is 31.3 Å². The largest absolute Gasteiger partial charge is 0.466 e. The van der Waals surface area contributed by atoms with Crippen LogP contribution in [-0.2, 0) is 14.3 Å². The van der Waals surface area contributed by atoms with E-state index in [0.29, 0.717) is 25.9 Å². The molecule has 0 aromatic heterocycles. The Morgan fingerprint density at radius 3 is 1.15 bits per heavy atom. The second-order valence-electron chi connectivity index (χ2n) is 19.3. The van der Waals surface area contributed by atoms with Crippen LogP contribution in [0.5, 0.6) is 0 Å². The molecule has 0 saturated carbocycles. The number of unbranched alkanes of at least 4 members (excludes halogenated alkanes) is 39. The van der Waals surface area contributed by atoms with Gasteiger partial charge in [-0.05, 0) is 51.4 Å². The van der Waals surface area contributed by atoms with Gasteiger partial charge in [-0.1, -0.05) is 257 Å². The highest BCUT2D eigenvalue weighted by Gasteiger charge is 2.20. The van der Waals surface area contributed by atoms with Gasteiger partial charge in [0, 0.05) is 12.8 Å². The van der Waals surface area contributed by atoms with Gasteiger partial charge in [0.25, 0.3) is 0 Å². The van der Waals surface area contributed by atoms with Gasteiger partial charge in [-0.15, -0.1) is 0 Å². The van der Waals surface area contributed by atoms with Gasteiger partial charge in [-0.3, -0.25) is 9.59 Å². The van der Waals surface area contributed by atoms with E-state index >= 15 is 0 Å². The van der Waals surface area contributed by atoms with E-state index < -0.39 is 12.1 Å². The molecule has 0 saturated heterocycles. The highest BCUT2D eigenvalue weighted by Crippen LogP contribution is 2.17. The van der Waals surface area contributed by atoms with Crippen molar-refractivity contribution in [2.24, 2.45) is 0 Å². The van der Waals surface area contributed by atoms with Crippen LogP contribution < -0.4 is 5.32 Å². The summed E-state index contributed by atoms with van der Waals surface area (Å²) in [7, 11) is 0. The molecule has 0 aromatic rings. The van der Waals surface area contributed by atoms with Gasteiger partial charge < -0.3 is 20.3 Å². The Bertz CT molecular complexity index is 924. The highest BCUT2D eigenvalue weighted by atomic mass is 16.5. The number of esters is 1. The van der Waals surface area contributed by atoms with Gasteiger partial charge in [0.2, 0.25) is 5.91 Å². The molecular weight excluding hydrogens is 767 g/mol. The molecule has 0 aliphatic heterocycles. The quantitative estimate of drug-likeness (QED) is 0.0321. The molecule has 0 rings (SSSR count). The van der Waals surface area contributed by atoms with Crippen molar-refractivity contribution in [3.63, 3.8) is 0 Å². The fraction of sp³-hybridized carbons (Fsp3) is 0.929. The van der Waals surface area contributed by atoms with E-state index in [4.69, 9.17) is 4.74 Å². The predicted molar refractivity (Wildman–Crippen MR) is 269 cm³/mol. The fourth-order valence-electron chi connectivity index (χ4n) is 8.75. The Kier molecular flexibility index (Phi) is 51.0. The first-order valence-corrected chi connectivity index (χ1v) is 27.9. The van der Waals surface area contributed by atoms with Gasteiger partial charge in [0.1, 0.15) is 0 Å². The molecule has 0 aliphatic carbocycles. The molecule has 1 amide bonds. The van der Waals surface area contributed by atoms with Crippen LogP contribution in [0.25, 0.3) is 0 Å². The zero-order chi connectivity index (χ0) is 45.1. The Morgan fingerprint density at radius 2 is 0.758 bits per heavy atom. The molecule has 0 bridgehead atoms. The number of aliphatic hydroxyl groups is 2. The van der Waals surface area contributed by atoms with Crippen LogP contribution in [0, 0.1) is 0 Å². The van der Waals surface area contributed by atoms with Crippen LogP contribution in [0.4, 0.5) is 0 Å². The summed E-state index contributed by atoms with van der Waals surface area (Å²) >= 11 is 0. The smallest absolute Gasteiger partial charge is 0.305 e. The summed E-state index contributed by atoms with van der Waals surface area (Å²) in [5.41, 5.74) is 0. The third-order valence-corrected chi connectivity index (χ3v) is 13.1. The van der Waals surface area contributed by atoms with E-state index in [1.165, 1.54) is 218 Å². The lowest BCUT2D eigenvalue weighted by Crippen LogP contribution is -2.45. The molecule has 368 valence electrons. The van der Waals surface area contributed by atoms with E-state index in [-0.39, 0.29) is 18.5 Å². The minimum atomic E-state index is -0.674. The second-order valence-corrected chi connectivity index (χ2v) is 19.3. The number of hydrogen-bond acceptors (Lipinski definition) is 5. The van der Waals surface area contributed by atoms with Crippen molar-refractivity contribution in [2.45, 2.75) is 321 Å². The lowest BCUT2D eigenvalue weighted by Gasteiger charge is -2.22. The average molecular weight is 876 g/mol. The van der Waals surface area contributed by atoms with E-state index in [1.807, 2.05) is 0 Å². The predicted octanol–water partition coefficient (Wildman–Crippen LogP) is 16.9. The van der Waals surface area contributed by atoms with Crippen LogP contribution in [-0.4, -0.2) is 47.4 Å². The third-order valence-electron chi connectivity index (χ3n) is 13.1. The van der Waals surface area contributed by atoms with Gasteiger partial charge in [-0.2, -0.15) is 0 Å². The number of rotatable bonds is 52. The fourth-order valence-corrected chi connectivity index (χ4v) is 8.75. The number of hydrogen-bond donors (Lipinski definition) is 3. The first kappa shape index (κ1) is 60.6. The van der Waals surface area contributed by atoms with Crippen LogP contribution in [0.3, 0.4) is 0 Å². The lowest BCUT2D eigenvalue weighted by molar-refractivity contribution is -0.143. The first-order valence-electron chi connectivity index (χ1n) is 27.9. The molecule has 6 heteroatoms. The van der Waals surface area contributed by atoms with Crippen molar-refractivity contribution in [1.82, 2.24) is 5.32 Å². The monoisotopic (exact) mass is 876 g/mol. The molecule has 2 atom stereocenters. The van der Waals surface area contributed by atoms with E-state index in [1.54, 1.807) is 0 Å². The molecule has 3 N–H and O–H groups in total. The molecule has 2 unspecified atom stereocenters. The molecule has 62 heavy (non-hydrogen) atoms. The lowest BCUT2D eigenvalue weighted by atomic mass is 10.0. The normalized spacial score (nSPS) is 12.6. The van der Waals surface area contributed by atoms with E-state index in [9.17, 15) is 19.8 Å². The van der Waals surface area contributed by atoms with E-state index in [0.717, 1.165) is 57.8 Å². The zero-order valence-electron chi connectivity index (χ0n) is 41.9. The van der Waals surface area contributed by atoms with Crippen LogP contribution >= 0.6 is 0 Å². The molecule has 0 aliphatic rings. The number of carbonyl (C=O) groups is 2. The first-order chi connectivity index (χ1) is 30.5. The summed E-state index contributed by atoms with van der Waals surface area (Å²) in [5, 5.41) is 23.3. The minimum absolute atomic E-state index is 0.0118. The number of carbonyl (C=O) groups excluding carboxylic acids is 2. The average Bonchev–Trinajstić information content (AvgIpc) is 3.27. The standard InChI is InChI=1S/C56H109NO5/c1-3-5-7-9-11-13-15-17-19-21-23-25-30-34-38-42-46-50-56(61)62-51-47-43-39-35-31-27-26-29-33-37-41-45-49-55(60)57-53(52-58)54(59)48-44-40-36-32-28-24-22-20-18-16-14-12-10-8-6-4-2/h17,19,53-54,58-59H,3-16,18,20-52H2,1-2H3,(H,57,60)/b19-17-. The summed E-state index contributed by atoms with van der Waals surface area (Å²) < 4.78 is 5.47. The van der Waals surface area contributed by atoms with Crippen molar-refractivity contribution in [3.8, 4) is 0 Å². The van der Waals surface area contributed by atoms with Crippen molar-refractivity contribution in [3.05, 3.63) is 12.2 Å². The number of ether oxygens (including phenoxy) is 1. The van der Waals surface area contributed by atoms with Crippen LogP contribution in [0.1, 0.15) is 309 Å². The van der Waals surface area contributed by atoms with Crippen LogP contribution in [0.15, 0.2) is 12.2 Å². The Labute approximate surface area is 387 Å². The maximum atomic E-state index is 12.5. The molecule has 0 spiro atoms. The molecular formula is C56H109NO5. The van der Waals surface area contributed by atoms with Crippen molar-refractivity contribution in [1.29, 1.82) is 0 Å². The maximum Gasteiger partial charge on any atom is 0.305 e. The number of amides is 1. The minimum Gasteiger partial charge on any atom is -0.466 e. The maximum absolute atomic E-state index is 12.5. The van der Waals surface area contributed by atoms with Gasteiger partial charge in [0.15, 0.2) is 0 Å². The Morgan fingerprint density at radius 1 is 0.435 bits per heavy atom. The zero-order valence-corrected chi connectivity index (χ0v) is 41.9. The molecule has 0 fully saturated rings. The second kappa shape index (κ2) is 52.2. The summed E-state index contributed by atoms with van der Waals surface area (Å²) in [5.74, 6) is -0.0604. The summed E-state index contributed by atoms with van der Waals surface area (Å²) in [4.78, 5) is 24.5. The molecule has 0 heterocycles. The van der Waals surface area contributed by atoms with Crippen molar-refractivity contribution in [2.75, 3.05) is 13.2 Å². The topological polar surface area (TPSA) is 95.9 Å². The Balaban J connectivity index is 3.44. The third kappa shape index (κ3) is 48.1. The summed E-state index contributed by atoms with van der Waals surface area (Å²) in [6.45, 7) is 4.93. The number of aliphatic hydroxyl groups excluding tert-OH is 2. The van der Waals surface area contributed by atoms with Crippen molar-refractivity contribution >= 4 is 11.9 Å². The summed E-state index contributed by atoms with van der Waals surface area (Å²) in [6.07, 6.45) is 60.4. The Hall–Kier alpha value is -1.40. The number of allylic oxidation sites excluding steroid dienone is 2.